The Bertz CT molecular complexity index is 407. The molecular formula is C21H44NO4P. The fraction of sp³-hybridized carbons (Fsp3) is 0.905. The second-order valence-electron chi connectivity index (χ2n) is 8.36. The van der Waals surface area contributed by atoms with Gasteiger partial charge in [0.15, 0.2) is 0 Å². The van der Waals surface area contributed by atoms with Crippen molar-refractivity contribution in [2.24, 2.45) is 0 Å². The van der Waals surface area contributed by atoms with E-state index in [1.54, 1.807) is 0 Å². The Kier molecular flexibility index (Phi) is 16.6. The normalized spacial score (nSPS) is 14.7. The molecule has 5 nitrogen and oxygen atoms in total. The number of hydrogen-bond acceptors (Lipinski definition) is 4. The number of unbranched alkanes of at least 4 members (excludes halogenated alkanes) is 10. The van der Waals surface area contributed by atoms with Crippen LogP contribution in [0.25, 0.3) is 0 Å². The summed E-state index contributed by atoms with van der Waals surface area (Å²) in [6, 6.07) is 0. The van der Waals surface area contributed by atoms with Gasteiger partial charge >= 0.3 is 0 Å². The lowest BCUT2D eigenvalue weighted by molar-refractivity contribution is -0.870. The first kappa shape index (κ1) is 26.8. The minimum absolute atomic E-state index is 0.158. The van der Waals surface area contributed by atoms with Crippen molar-refractivity contribution in [3.05, 3.63) is 12.2 Å². The van der Waals surface area contributed by atoms with Crippen LogP contribution in [0.1, 0.15) is 84.0 Å². The van der Waals surface area contributed by atoms with Crippen LogP contribution < -0.4 is 4.89 Å². The van der Waals surface area contributed by atoms with Gasteiger partial charge in [-0.25, -0.2) is 0 Å². The summed E-state index contributed by atoms with van der Waals surface area (Å²) in [5, 5.41) is 0. The first-order valence-corrected chi connectivity index (χ1v) is 12.3. The van der Waals surface area contributed by atoms with Gasteiger partial charge in [-0.1, -0.05) is 64.0 Å². The Morgan fingerprint density at radius 1 is 0.778 bits per heavy atom. The van der Waals surface area contributed by atoms with Gasteiger partial charge in [0.1, 0.15) is 13.2 Å². The first-order chi connectivity index (χ1) is 12.8. The second-order valence-corrected chi connectivity index (χ2v) is 9.77. The molecule has 162 valence electrons. The predicted molar refractivity (Wildman–Crippen MR) is 113 cm³/mol. The van der Waals surface area contributed by atoms with E-state index in [-0.39, 0.29) is 13.2 Å². The average Bonchev–Trinajstić information content (AvgIpc) is 2.57. The smallest absolute Gasteiger partial charge is 0.268 e. The van der Waals surface area contributed by atoms with Gasteiger partial charge in [0.05, 0.1) is 27.7 Å². The summed E-state index contributed by atoms with van der Waals surface area (Å²) >= 11 is 0. The van der Waals surface area contributed by atoms with Crippen molar-refractivity contribution in [2.75, 3.05) is 40.9 Å². The first-order valence-electron chi connectivity index (χ1n) is 10.8. The summed E-state index contributed by atoms with van der Waals surface area (Å²) in [4.78, 5) is 11.6. The molecule has 6 heteroatoms. The van der Waals surface area contributed by atoms with Gasteiger partial charge in [-0.15, -0.1) is 0 Å². The third kappa shape index (κ3) is 22.0. The fourth-order valence-electron chi connectivity index (χ4n) is 2.64. The van der Waals surface area contributed by atoms with Gasteiger partial charge in [0, 0.05) is 0 Å². The molecule has 1 atom stereocenters. The van der Waals surface area contributed by atoms with E-state index in [4.69, 9.17) is 9.05 Å². The van der Waals surface area contributed by atoms with Crippen LogP contribution in [0.5, 0.6) is 0 Å². The molecule has 27 heavy (non-hydrogen) atoms. The lowest BCUT2D eigenvalue weighted by Gasteiger charge is -2.27. The molecule has 0 fully saturated rings. The molecule has 0 N–H and O–H groups in total. The highest BCUT2D eigenvalue weighted by Crippen LogP contribution is 2.38. The Balaban J connectivity index is 3.42. The lowest BCUT2D eigenvalue weighted by atomic mass is 10.1. The number of allylic oxidation sites excluding steroid dienone is 2. The van der Waals surface area contributed by atoms with E-state index in [9.17, 15) is 9.46 Å². The summed E-state index contributed by atoms with van der Waals surface area (Å²) in [5.41, 5.74) is 0. The van der Waals surface area contributed by atoms with Crippen LogP contribution in [-0.4, -0.2) is 45.4 Å². The standard InChI is InChI=1S/C21H44NO4P/c1-5-6-7-8-9-10-11-12-13-14-15-16-17-18-20-25-27(23,24)26-21-19-22(2,3)4/h14-15H,5-13,16-21H2,1-4H3/b15-14-. The molecule has 0 aromatic heterocycles. The topological polar surface area (TPSA) is 58.6 Å². The molecule has 0 saturated carbocycles. The largest absolute Gasteiger partial charge is 0.756 e. The molecular weight excluding hydrogens is 361 g/mol. The van der Waals surface area contributed by atoms with Crippen LogP contribution in [0.2, 0.25) is 0 Å². The summed E-state index contributed by atoms with van der Waals surface area (Å²) in [6.07, 6.45) is 19.1. The molecule has 0 heterocycles. The summed E-state index contributed by atoms with van der Waals surface area (Å²) < 4.78 is 22.0. The third-order valence-electron chi connectivity index (χ3n) is 4.42. The number of nitrogens with zero attached hydrogens (tertiary/aromatic N) is 1. The van der Waals surface area contributed by atoms with Crippen molar-refractivity contribution in [3.8, 4) is 0 Å². The Labute approximate surface area is 168 Å². The van der Waals surface area contributed by atoms with Gasteiger partial charge < -0.3 is 18.4 Å². The SMILES string of the molecule is CCCCCCCCCC/C=C\CCCCOP(=O)([O-])OCC[N+](C)(C)C. The van der Waals surface area contributed by atoms with Crippen LogP contribution in [0.4, 0.5) is 0 Å². The number of rotatable bonds is 19. The van der Waals surface area contributed by atoms with Crippen molar-refractivity contribution in [2.45, 2.75) is 84.0 Å². The quantitative estimate of drug-likeness (QED) is 0.124. The van der Waals surface area contributed by atoms with Gasteiger partial charge in [-0.2, -0.15) is 0 Å². The van der Waals surface area contributed by atoms with Crippen molar-refractivity contribution in [1.82, 2.24) is 0 Å². The molecule has 0 spiro atoms. The van der Waals surface area contributed by atoms with E-state index < -0.39 is 7.82 Å². The molecule has 0 aromatic carbocycles. The predicted octanol–water partition coefficient (Wildman–Crippen LogP) is 5.45. The maximum Gasteiger partial charge on any atom is 0.268 e. The molecule has 0 radical (unpaired) electrons. The van der Waals surface area contributed by atoms with E-state index in [0.29, 0.717) is 11.0 Å². The Morgan fingerprint density at radius 3 is 1.81 bits per heavy atom. The van der Waals surface area contributed by atoms with E-state index in [2.05, 4.69) is 19.1 Å². The number of hydrogen-bond donors (Lipinski definition) is 0. The molecule has 1 unspecified atom stereocenters. The van der Waals surface area contributed by atoms with Gasteiger partial charge in [0.2, 0.25) is 0 Å². The summed E-state index contributed by atoms with van der Waals surface area (Å²) in [6.45, 7) is 3.24. The monoisotopic (exact) mass is 405 g/mol. The highest BCUT2D eigenvalue weighted by molar-refractivity contribution is 7.45. The average molecular weight is 406 g/mol. The van der Waals surface area contributed by atoms with E-state index >= 15 is 0 Å². The molecule has 0 aliphatic rings. The Hall–Kier alpha value is -0.190. The molecule has 0 rings (SSSR count). The maximum absolute atomic E-state index is 11.6. The summed E-state index contributed by atoms with van der Waals surface area (Å²) in [5.74, 6) is 0. The zero-order valence-electron chi connectivity index (χ0n) is 18.3. The second kappa shape index (κ2) is 16.7. The van der Waals surface area contributed by atoms with Crippen LogP contribution in [0.3, 0.4) is 0 Å². The molecule has 0 aromatic rings. The van der Waals surface area contributed by atoms with Gasteiger partial charge in [0.25, 0.3) is 7.82 Å². The van der Waals surface area contributed by atoms with Gasteiger partial charge in [-0.3, -0.25) is 4.57 Å². The van der Waals surface area contributed by atoms with E-state index in [0.717, 1.165) is 25.7 Å². The van der Waals surface area contributed by atoms with Crippen LogP contribution in [0.15, 0.2) is 12.2 Å². The zero-order chi connectivity index (χ0) is 20.4. The highest BCUT2D eigenvalue weighted by Gasteiger charge is 2.12. The molecule has 0 bridgehead atoms. The molecule has 0 amide bonds. The Morgan fingerprint density at radius 2 is 1.26 bits per heavy atom. The molecule has 0 saturated heterocycles. The van der Waals surface area contributed by atoms with Crippen molar-refractivity contribution in [1.29, 1.82) is 0 Å². The maximum atomic E-state index is 11.6. The molecule has 0 aliphatic heterocycles. The fourth-order valence-corrected chi connectivity index (χ4v) is 3.37. The van der Waals surface area contributed by atoms with Crippen LogP contribution in [0, 0.1) is 0 Å². The molecule has 0 aliphatic carbocycles. The number of phosphoric ester groups is 1. The van der Waals surface area contributed by atoms with Crippen molar-refractivity contribution in [3.63, 3.8) is 0 Å². The third-order valence-corrected chi connectivity index (χ3v) is 5.41. The minimum Gasteiger partial charge on any atom is -0.756 e. The number of phosphoric acid groups is 1. The van der Waals surface area contributed by atoms with Gasteiger partial charge in [-0.05, 0) is 32.1 Å². The number of quaternary nitrogens is 1. The summed E-state index contributed by atoms with van der Waals surface area (Å²) in [7, 11) is 1.82. The van der Waals surface area contributed by atoms with Crippen LogP contribution in [-0.2, 0) is 13.6 Å². The lowest BCUT2D eigenvalue weighted by Crippen LogP contribution is -2.37. The highest BCUT2D eigenvalue weighted by atomic mass is 31.2. The minimum atomic E-state index is -4.14. The van der Waals surface area contributed by atoms with E-state index in [1.165, 1.54) is 51.4 Å². The zero-order valence-corrected chi connectivity index (χ0v) is 19.2. The van der Waals surface area contributed by atoms with E-state index in [1.807, 2.05) is 21.1 Å². The van der Waals surface area contributed by atoms with Crippen LogP contribution >= 0.6 is 7.82 Å². The van der Waals surface area contributed by atoms with Crippen molar-refractivity contribution < 1.29 is 23.0 Å². The van der Waals surface area contributed by atoms with Crippen molar-refractivity contribution >= 4 is 7.82 Å². The number of likely N-dealkylation sites (N-methyl/N-ethyl adjacent to an activating group) is 1.